The molecule has 0 bridgehead atoms. The third kappa shape index (κ3) is 2.61. The number of benzene rings is 1. The average molecular weight is 267 g/mol. The average Bonchev–Trinajstić information content (AvgIpc) is 2.32. The number of carbonyl (C=O) groups excluding carboxylic acids is 1. The Labute approximate surface area is 113 Å². The summed E-state index contributed by atoms with van der Waals surface area (Å²) in [6.45, 7) is 6.29. The highest BCUT2D eigenvalue weighted by molar-refractivity contribution is 6.33. The minimum atomic E-state index is 0.144. The smallest absolute Gasteiger partial charge is 0.241 e. The highest BCUT2D eigenvalue weighted by Gasteiger charge is 2.22. The van der Waals surface area contributed by atoms with Crippen molar-refractivity contribution >= 4 is 23.2 Å². The number of carbonyl (C=O) groups is 1. The zero-order valence-corrected chi connectivity index (χ0v) is 11.9. The predicted molar refractivity (Wildman–Crippen MR) is 75.4 cm³/mol. The Morgan fingerprint density at radius 2 is 2.00 bits per heavy atom. The monoisotopic (exact) mass is 266 g/mol. The van der Waals surface area contributed by atoms with Crippen molar-refractivity contribution in [2.75, 3.05) is 31.6 Å². The van der Waals surface area contributed by atoms with E-state index in [0.717, 1.165) is 23.8 Å². The van der Waals surface area contributed by atoms with Gasteiger partial charge in [-0.2, -0.15) is 0 Å². The molecule has 1 aromatic carbocycles. The first-order chi connectivity index (χ1) is 8.49. The van der Waals surface area contributed by atoms with Gasteiger partial charge in [-0.3, -0.25) is 4.79 Å². The number of piperazine rings is 1. The summed E-state index contributed by atoms with van der Waals surface area (Å²) in [6, 6.07) is 6.12. The van der Waals surface area contributed by atoms with Gasteiger partial charge in [0, 0.05) is 20.1 Å². The first kappa shape index (κ1) is 13.2. The van der Waals surface area contributed by atoms with Gasteiger partial charge in [0.05, 0.1) is 17.3 Å². The second kappa shape index (κ2) is 5.19. The van der Waals surface area contributed by atoms with Crippen LogP contribution in [0.25, 0.3) is 0 Å². The first-order valence-electron chi connectivity index (χ1n) is 6.27. The van der Waals surface area contributed by atoms with Crippen LogP contribution in [0.3, 0.4) is 0 Å². The van der Waals surface area contributed by atoms with Crippen LogP contribution in [0.5, 0.6) is 0 Å². The second-order valence-electron chi connectivity index (χ2n) is 5.10. The van der Waals surface area contributed by atoms with E-state index < -0.39 is 0 Å². The van der Waals surface area contributed by atoms with Crippen LogP contribution in [0.2, 0.25) is 5.02 Å². The number of anilines is 1. The molecule has 1 aliphatic rings. The van der Waals surface area contributed by atoms with E-state index in [1.807, 2.05) is 19.2 Å². The quantitative estimate of drug-likeness (QED) is 0.822. The third-order valence-corrected chi connectivity index (χ3v) is 3.74. The molecule has 98 valence electrons. The molecule has 1 heterocycles. The van der Waals surface area contributed by atoms with E-state index in [4.69, 9.17) is 11.6 Å². The fourth-order valence-electron chi connectivity index (χ4n) is 2.10. The molecule has 0 spiro atoms. The van der Waals surface area contributed by atoms with Crippen molar-refractivity contribution in [3.05, 3.63) is 28.8 Å². The molecule has 2 rings (SSSR count). The minimum absolute atomic E-state index is 0.144. The van der Waals surface area contributed by atoms with Gasteiger partial charge >= 0.3 is 0 Å². The van der Waals surface area contributed by atoms with Gasteiger partial charge in [-0.25, -0.2) is 0 Å². The zero-order chi connectivity index (χ0) is 13.3. The fraction of sp³-hybridized carbons (Fsp3) is 0.500. The third-order valence-electron chi connectivity index (χ3n) is 3.44. The second-order valence-corrected chi connectivity index (χ2v) is 5.51. The van der Waals surface area contributed by atoms with Gasteiger partial charge in [-0.1, -0.05) is 31.5 Å². The van der Waals surface area contributed by atoms with E-state index in [1.54, 1.807) is 4.90 Å². The SMILES string of the molecule is CC(C)c1ccc(N2CCN(C)C(=O)C2)c(Cl)c1. The summed E-state index contributed by atoms with van der Waals surface area (Å²) >= 11 is 6.32. The largest absolute Gasteiger partial charge is 0.359 e. The summed E-state index contributed by atoms with van der Waals surface area (Å²) in [5.41, 5.74) is 2.19. The summed E-state index contributed by atoms with van der Waals surface area (Å²) < 4.78 is 0. The van der Waals surface area contributed by atoms with E-state index in [0.29, 0.717) is 12.5 Å². The number of nitrogens with zero attached hydrogens (tertiary/aromatic N) is 2. The lowest BCUT2D eigenvalue weighted by Gasteiger charge is -2.34. The Hall–Kier alpha value is -1.22. The highest BCUT2D eigenvalue weighted by atomic mass is 35.5. The molecule has 4 heteroatoms. The van der Waals surface area contributed by atoms with E-state index in [2.05, 4.69) is 24.8 Å². The van der Waals surface area contributed by atoms with Crippen LogP contribution < -0.4 is 4.90 Å². The Morgan fingerprint density at radius 3 is 2.56 bits per heavy atom. The molecule has 0 aromatic heterocycles. The highest BCUT2D eigenvalue weighted by Crippen LogP contribution is 2.30. The fourth-order valence-corrected chi connectivity index (χ4v) is 2.41. The maximum atomic E-state index is 11.7. The number of amides is 1. The van der Waals surface area contributed by atoms with Gasteiger partial charge < -0.3 is 9.80 Å². The van der Waals surface area contributed by atoms with Crippen molar-refractivity contribution < 1.29 is 4.79 Å². The summed E-state index contributed by atoms with van der Waals surface area (Å²) in [5.74, 6) is 0.607. The Balaban J connectivity index is 2.21. The van der Waals surface area contributed by atoms with Crippen LogP contribution >= 0.6 is 11.6 Å². The molecule has 3 nitrogen and oxygen atoms in total. The maximum Gasteiger partial charge on any atom is 0.241 e. The standard InChI is InChI=1S/C14H19ClN2O/c1-10(2)11-4-5-13(12(15)8-11)17-7-6-16(3)14(18)9-17/h4-5,8,10H,6-7,9H2,1-3H3. The van der Waals surface area contributed by atoms with Crippen molar-refractivity contribution in [1.82, 2.24) is 4.90 Å². The van der Waals surface area contributed by atoms with Gasteiger partial charge in [0.1, 0.15) is 0 Å². The number of hydrogen-bond acceptors (Lipinski definition) is 2. The van der Waals surface area contributed by atoms with Crippen molar-refractivity contribution in [2.24, 2.45) is 0 Å². The summed E-state index contributed by atoms with van der Waals surface area (Å²) in [6.07, 6.45) is 0. The molecule has 1 aliphatic heterocycles. The summed E-state index contributed by atoms with van der Waals surface area (Å²) in [4.78, 5) is 15.5. The number of halogens is 1. The Bertz CT molecular complexity index is 459. The van der Waals surface area contributed by atoms with Gasteiger partial charge in [0.25, 0.3) is 0 Å². The zero-order valence-electron chi connectivity index (χ0n) is 11.1. The van der Waals surface area contributed by atoms with Gasteiger partial charge in [-0.05, 0) is 23.6 Å². The van der Waals surface area contributed by atoms with E-state index in [-0.39, 0.29) is 5.91 Å². The number of rotatable bonds is 2. The van der Waals surface area contributed by atoms with Crippen molar-refractivity contribution in [3.8, 4) is 0 Å². The van der Waals surface area contributed by atoms with Crippen LogP contribution in [0.1, 0.15) is 25.3 Å². The van der Waals surface area contributed by atoms with Crippen molar-refractivity contribution in [2.45, 2.75) is 19.8 Å². The lowest BCUT2D eigenvalue weighted by Crippen LogP contribution is -2.48. The van der Waals surface area contributed by atoms with E-state index in [1.165, 1.54) is 5.56 Å². The van der Waals surface area contributed by atoms with E-state index >= 15 is 0 Å². The van der Waals surface area contributed by atoms with Gasteiger partial charge in [-0.15, -0.1) is 0 Å². The topological polar surface area (TPSA) is 23.6 Å². The maximum absolute atomic E-state index is 11.7. The predicted octanol–water partition coefficient (Wildman–Crippen LogP) is 2.74. The molecule has 0 radical (unpaired) electrons. The molecule has 1 fully saturated rings. The normalized spacial score (nSPS) is 16.6. The molecule has 1 aromatic rings. The van der Waals surface area contributed by atoms with E-state index in [9.17, 15) is 4.79 Å². The van der Waals surface area contributed by atoms with Crippen molar-refractivity contribution in [3.63, 3.8) is 0 Å². The summed E-state index contributed by atoms with van der Waals surface area (Å²) in [7, 11) is 1.84. The van der Waals surface area contributed by atoms with Crippen LogP contribution in [-0.2, 0) is 4.79 Å². The van der Waals surface area contributed by atoms with Gasteiger partial charge in [0.2, 0.25) is 5.91 Å². The molecule has 18 heavy (non-hydrogen) atoms. The molecule has 0 saturated carbocycles. The molecule has 0 N–H and O–H groups in total. The minimum Gasteiger partial charge on any atom is -0.359 e. The molecule has 1 saturated heterocycles. The van der Waals surface area contributed by atoms with Crippen molar-refractivity contribution in [1.29, 1.82) is 0 Å². The number of likely N-dealkylation sites (N-methyl/N-ethyl adjacent to an activating group) is 1. The molecule has 0 aliphatic carbocycles. The van der Waals surface area contributed by atoms with Gasteiger partial charge in [0.15, 0.2) is 0 Å². The number of hydrogen-bond donors (Lipinski definition) is 0. The lowest BCUT2D eigenvalue weighted by atomic mass is 10.0. The Morgan fingerprint density at radius 1 is 1.28 bits per heavy atom. The molecule has 0 atom stereocenters. The molecule has 0 unspecified atom stereocenters. The lowest BCUT2D eigenvalue weighted by molar-refractivity contribution is -0.129. The molecule has 1 amide bonds. The van der Waals surface area contributed by atoms with Crippen LogP contribution in [-0.4, -0.2) is 37.5 Å². The first-order valence-corrected chi connectivity index (χ1v) is 6.65. The Kier molecular flexibility index (Phi) is 3.81. The molecular weight excluding hydrogens is 248 g/mol. The summed E-state index contributed by atoms with van der Waals surface area (Å²) in [5, 5.41) is 0.735. The van der Waals surface area contributed by atoms with Crippen LogP contribution in [0, 0.1) is 0 Å². The van der Waals surface area contributed by atoms with Crippen LogP contribution in [0.4, 0.5) is 5.69 Å². The molecular formula is C14H19ClN2O. The van der Waals surface area contributed by atoms with Crippen LogP contribution in [0.15, 0.2) is 18.2 Å².